The molecule has 190 valence electrons. The maximum atomic E-state index is 13.8. The van der Waals surface area contributed by atoms with E-state index in [1.165, 1.54) is 30.8 Å². The Bertz CT molecular complexity index is 1590. The van der Waals surface area contributed by atoms with Gasteiger partial charge in [-0.15, -0.1) is 10.2 Å². The van der Waals surface area contributed by atoms with Crippen LogP contribution in [0.25, 0.3) is 34.1 Å². The van der Waals surface area contributed by atoms with Gasteiger partial charge in [0.15, 0.2) is 11.5 Å². The number of aryl methyl sites for hydroxylation is 1. The van der Waals surface area contributed by atoms with Crippen molar-refractivity contribution in [3.8, 4) is 22.9 Å². The lowest BCUT2D eigenvalue weighted by molar-refractivity contribution is -0.291. The molecule has 16 heteroatoms. The third-order valence-corrected chi connectivity index (χ3v) is 7.58. The number of nitrogens with one attached hydrogen (secondary N) is 1. The summed E-state index contributed by atoms with van der Waals surface area (Å²) in [5.41, 5.74) is -1.72. The summed E-state index contributed by atoms with van der Waals surface area (Å²) in [6.07, 6.45) is -2.65. The highest BCUT2D eigenvalue weighted by Crippen LogP contribution is 2.43. The fraction of sp³-hybridized carbons (Fsp3) is 0.400. The topological polar surface area (TPSA) is 136 Å². The van der Waals surface area contributed by atoms with Crippen LogP contribution >= 0.6 is 0 Å². The number of rotatable bonds is 6. The lowest BCUT2D eigenvalue weighted by Crippen LogP contribution is -2.34. The number of halogens is 5. The molecule has 0 saturated heterocycles. The van der Waals surface area contributed by atoms with E-state index in [0.29, 0.717) is 17.5 Å². The van der Waals surface area contributed by atoms with Crippen molar-refractivity contribution in [1.29, 1.82) is 4.78 Å². The van der Waals surface area contributed by atoms with E-state index in [9.17, 15) is 26.2 Å². The average Bonchev–Trinajstić information content (AvgIpc) is 3.47. The van der Waals surface area contributed by atoms with E-state index in [0.717, 1.165) is 12.8 Å². The number of imidazole rings is 1. The zero-order chi connectivity index (χ0) is 26.0. The Morgan fingerprint density at radius 3 is 2.53 bits per heavy atom. The molecule has 0 radical (unpaired) electrons. The summed E-state index contributed by atoms with van der Waals surface area (Å²) in [7, 11) is -2.00. The van der Waals surface area contributed by atoms with E-state index in [1.807, 2.05) is 0 Å². The first-order chi connectivity index (χ1) is 16.8. The smallest absolute Gasteiger partial charge is 0.339 e. The second-order valence-corrected chi connectivity index (χ2v) is 10.6. The maximum absolute atomic E-state index is 13.8. The van der Waals surface area contributed by atoms with Gasteiger partial charge in [-0.05, 0) is 25.0 Å². The number of aromatic nitrogens is 7. The SMILES string of the molecule is CCS(=N)(=O)c1cc(-c2noc(C3CC3)n2)cnc1-c1nc2cc(C(F)(F)C(F)(F)F)nnc2n1C. The Labute approximate surface area is 199 Å². The summed E-state index contributed by atoms with van der Waals surface area (Å²) in [6.45, 7) is 1.54. The van der Waals surface area contributed by atoms with Crippen LogP contribution in [0.3, 0.4) is 0 Å². The monoisotopic (exact) mass is 528 g/mol. The molecule has 4 aromatic rings. The van der Waals surface area contributed by atoms with Crippen LogP contribution in [0.5, 0.6) is 0 Å². The number of hydrogen-bond acceptors (Lipinski definition) is 9. The number of fused-ring (bicyclic) bond motifs is 1. The molecule has 1 unspecified atom stereocenters. The molecular formula is C20H17F5N8O2S. The van der Waals surface area contributed by atoms with Crippen LogP contribution in [0.1, 0.15) is 37.3 Å². The van der Waals surface area contributed by atoms with E-state index in [2.05, 4.69) is 30.3 Å². The Kier molecular flexibility index (Phi) is 5.35. The first kappa shape index (κ1) is 24.1. The number of nitrogens with zero attached hydrogens (tertiary/aromatic N) is 7. The summed E-state index contributed by atoms with van der Waals surface area (Å²) in [5, 5.41) is 10.5. The van der Waals surface area contributed by atoms with E-state index in [-0.39, 0.29) is 45.1 Å². The van der Waals surface area contributed by atoms with Gasteiger partial charge in [0.1, 0.15) is 16.9 Å². The van der Waals surface area contributed by atoms with Gasteiger partial charge in [0.2, 0.25) is 11.7 Å². The molecule has 1 atom stereocenters. The summed E-state index contributed by atoms with van der Waals surface area (Å²) in [6, 6.07) is 1.90. The van der Waals surface area contributed by atoms with Crippen molar-refractivity contribution in [1.82, 2.24) is 34.9 Å². The van der Waals surface area contributed by atoms with Crippen molar-refractivity contribution in [3.63, 3.8) is 0 Å². The van der Waals surface area contributed by atoms with Crippen LogP contribution in [0, 0.1) is 4.78 Å². The predicted molar refractivity (Wildman–Crippen MR) is 114 cm³/mol. The van der Waals surface area contributed by atoms with Gasteiger partial charge in [-0.2, -0.15) is 26.9 Å². The normalized spacial score (nSPS) is 16.4. The highest BCUT2D eigenvalue weighted by molar-refractivity contribution is 7.92. The second-order valence-electron chi connectivity index (χ2n) is 8.27. The molecule has 1 aliphatic carbocycles. The molecule has 1 N–H and O–H groups in total. The van der Waals surface area contributed by atoms with Gasteiger partial charge in [0.05, 0.1) is 14.6 Å². The summed E-state index contributed by atoms with van der Waals surface area (Å²) >= 11 is 0. The van der Waals surface area contributed by atoms with Gasteiger partial charge < -0.3 is 9.09 Å². The molecule has 0 aliphatic heterocycles. The van der Waals surface area contributed by atoms with Crippen LogP contribution in [-0.2, 0) is 22.7 Å². The van der Waals surface area contributed by atoms with E-state index >= 15 is 0 Å². The fourth-order valence-corrected chi connectivity index (χ4v) is 4.57. The molecule has 10 nitrogen and oxygen atoms in total. The van der Waals surface area contributed by atoms with E-state index < -0.39 is 27.5 Å². The second kappa shape index (κ2) is 7.97. The van der Waals surface area contributed by atoms with Gasteiger partial charge in [-0.3, -0.25) is 4.98 Å². The molecule has 0 bridgehead atoms. The van der Waals surface area contributed by atoms with Crippen LogP contribution in [0.2, 0.25) is 0 Å². The van der Waals surface area contributed by atoms with Crippen molar-refractivity contribution in [2.45, 2.75) is 42.7 Å². The molecule has 5 rings (SSSR count). The molecule has 0 aromatic carbocycles. The van der Waals surface area contributed by atoms with Crippen LogP contribution in [-0.4, -0.2) is 51.0 Å². The molecule has 4 aromatic heterocycles. The molecule has 4 heterocycles. The first-order valence-corrected chi connectivity index (χ1v) is 12.3. The third kappa shape index (κ3) is 3.88. The third-order valence-electron chi connectivity index (χ3n) is 5.75. The van der Waals surface area contributed by atoms with Crippen molar-refractivity contribution < 1.29 is 30.7 Å². The van der Waals surface area contributed by atoms with Gasteiger partial charge in [-0.1, -0.05) is 12.1 Å². The minimum absolute atomic E-state index is 0.0313. The summed E-state index contributed by atoms with van der Waals surface area (Å²) in [5.74, 6) is -4.51. The molecule has 1 aliphatic rings. The number of pyridine rings is 1. The van der Waals surface area contributed by atoms with E-state index in [1.54, 1.807) is 0 Å². The van der Waals surface area contributed by atoms with Crippen LogP contribution in [0.15, 0.2) is 27.7 Å². The average molecular weight is 528 g/mol. The van der Waals surface area contributed by atoms with Gasteiger partial charge in [-0.25, -0.2) is 14.0 Å². The largest absolute Gasteiger partial charge is 0.459 e. The van der Waals surface area contributed by atoms with Crippen molar-refractivity contribution >= 4 is 20.9 Å². The zero-order valence-corrected chi connectivity index (χ0v) is 19.5. The quantitative estimate of drug-likeness (QED) is 0.363. The van der Waals surface area contributed by atoms with Crippen LogP contribution < -0.4 is 0 Å². The van der Waals surface area contributed by atoms with Gasteiger partial charge in [0, 0.05) is 30.5 Å². The Balaban J connectivity index is 1.65. The number of hydrogen-bond donors (Lipinski definition) is 1. The van der Waals surface area contributed by atoms with E-state index in [4.69, 9.17) is 9.30 Å². The minimum Gasteiger partial charge on any atom is -0.339 e. The molecule has 1 fully saturated rings. The highest BCUT2D eigenvalue weighted by atomic mass is 32.2. The first-order valence-electron chi connectivity index (χ1n) is 10.6. The fourth-order valence-electron chi connectivity index (χ4n) is 3.49. The minimum atomic E-state index is -5.87. The van der Waals surface area contributed by atoms with Gasteiger partial charge >= 0.3 is 12.1 Å². The molecule has 0 spiro atoms. The van der Waals surface area contributed by atoms with Gasteiger partial charge in [0.25, 0.3) is 0 Å². The molecule has 1 saturated carbocycles. The number of alkyl halides is 5. The molecule has 36 heavy (non-hydrogen) atoms. The Hall–Kier alpha value is -3.56. The van der Waals surface area contributed by atoms with Crippen molar-refractivity contribution in [2.75, 3.05) is 5.75 Å². The standard InChI is InChI=1S/C20H17F5N8O2S/c1-3-36(26,34)12-6-10(15-29-18(35-32-15)9-4-5-9)8-27-14(12)17-28-11-7-13(19(21,22)20(23,24)25)30-31-16(11)33(17)2/h6-9,26H,3-5H2,1-2H3. The lowest BCUT2D eigenvalue weighted by atomic mass is 10.2. The molecular weight excluding hydrogens is 511 g/mol. The maximum Gasteiger partial charge on any atom is 0.459 e. The molecule has 0 amide bonds. The Morgan fingerprint density at radius 2 is 1.89 bits per heavy atom. The summed E-state index contributed by atoms with van der Waals surface area (Å²) < 4.78 is 94.0. The Morgan fingerprint density at radius 1 is 1.17 bits per heavy atom. The summed E-state index contributed by atoms with van der Waals surface area (Å²) in [4.78, 5) is 12.7. The van der Waals surface area contributed by atoms with Crippen LogP contribution in [0.4, 0.5) is 22.0 Å². The zero-order valence-electron chi connectivity index (χ0n) is 18.7. The lowest BCUT2D eigenvalue weighted by Gasteiger charge is -2.17. The highest BCUT2D eigenvalue weighted by Gasteiger charge is 2.60. The predicted octanol–water partition coefficient (Wildman–Crippen LogP) is 4.43. The van der Waals surface area contributed by atoms with Crippen molar-refractivity contribution in [3.05, 3.63) is 29.9 Å². The van der Waals surface area contributed by atoms with Crippen molar-refractivity contribution in [2.24, 2.45) is 7.05 Å².